The molecule has 2 unspecified atom stereocenters. The maximum Gasteiger partial charge on any atom is 0.432 e. The van der Waals surface area contributed by atoms with E-state index in [1.807, 2.05) is 0 Å². The van der Waals surface area contributed by atoms with Crippen LogP contribution in [0.1, 0.15) is 75.5 Å². The quantitative estimate of drug-likeness (QED) is 0.165. The van der Waals surface area contributed by atoms with Gasteiger partial charge in [0.25, 0.3) is 0 Å². The second-order valence-electron chi connectivity index (χ2n) is 19.7. The molecule has 4 aliphatic heterocycles. The topological polar surface area (TPSA) is 19.6 Å². The van der Waals surface area contributed by atoms with Crippen LogP contribution in [0.15, 0.2) is 170 Å². The normalized spacial score (nSPS) is 17.6. The molecule has 8 aromatic rings. The molecule has 1 aromatic heterocycles. The molecule has 0 amide bonds. The van der Waals surface area contributed by atoms with Crippen LogP contribution in [-0.2, 0) is 16.7 Å². The number of hydrogen-bond acceptors (Lipinski definition) is 3. The molecule has 4 heteroatoms. The third-order valence-electron chi connectivity index (χ3n) is 13.7. The van der Waals surface area contributed by atoms with Gasteiger partial charge in [-0.1, -0.05) is 162 Å². The van der Waals surface area contributed by atoms with Crippen LogP contribution in [0.2, 0.25) is 0 Å². The minimum atomic E-state index is -1.04. The Kier molecular flexibility index (Phi) is 7.62. The molecule has 12 rings (SSSR count). The molecule has 7 aromatic carbocycles. The van der Waals surface area contributed by atoms with Crippen LogP contribution in [0.3, 0.4) is 0 Å². The molecule has 0 saturated heterocycles. The lowest BCUT2D eigenvalue weighted by Gasteiger charge is -2.49. The van der Waals surface area contributed by atoms with Crippen molar-refractivity contribution in [3.8, 4) is 61.5 Å². The summed E-state index contributed by atoms with van der Waals surface area (Å²) in [4.78, 5) is 5.30. The summed E-state index contributed by atoms with van der Waals surface area (Å²) < 4.78 is 10.6. The van der Waals surface area contributed by atoms with Crippen LogP contribution >= 0.6 is 0 Å². The first kappa shape index (κ1) is 36.9. The van der Waals surface area contributed by atoms with Gasteiger partial charge in [-0.25, -0.2) is 4.90 Å². The molecule has 302 valence electrons. The van der Waals surface area contributed by atoms with E-state index >= 15 is 0 Å². The second-order valence-corrected chi connectivity index (χ2v) is 19.7. The average molecular weight is 805 g/mol. The molecule has 4 nitrogen and oxygen atoms in total. The standard InChI is InChI=1S/C58H50N3O/c1-36-26-27-49(44(30-36)39-22-15-10-16-23-39)60-50-25-17-24-43-45-31-41(38-20-13-9-14-21-38)32-46-51-33-40(37-18-11-8-12-19-37)28-29-59(51)58(52(45)46)61(53(43)50)55(60)47-34-42(56(2,3)4)35-48(54(47)62-58)57(5,6)7/h8-35,55H,1-7H3/q+1. The van der Waals surface area contributed by atoms with Gasteiger partial charge in [-0.05, 0) is 87.5 Å². The zero-order valence-corrected chi connectivity index (χ0v) is 36.5. The predicted octanol–water partition coefficient (Wildman–Crippen LogP) is 14.2. The summed E-state index contributed by atoms with van der Waals surface area (Å²) >= 11 is 0. The minimum absolute atomic E-state index is 0.0945. The van der Waals surface area contributed by atoms with Gasteiger partial charge in [0.05, 0.1) is 22.6 Å². The number of pyridine rings is 1. The molecular formula is C58H50N3O+. The van der Waals surface area contributed by atoms with Crippen molar-refractivity contribution in [2.75, 3.05) is 9.80 Å². The van der Waals surface area contributed by atoms with E-state index < -0.39 is 5.85 Å². The number of aryl methyl sites for hydroxylation is 1. The predicted molar refractivity (Wildman–Crippen MR) is 254 cm³/mol. The fraction of sp³-hybridized carbons (Fsp3) is 0.190. The molecular weight excluding hydrogens is 755 g/mol. The number of rotatable bonds is 4. The fourth-order valence-corrected chi connectivity index (χ4v) is 10.7. The third-order valence-corrected chi connectivity index (χ3v) is 13.7. The molecule has 62 heavy (non-hydrogen) atoms. The number of fused-ring (bicyclic) bond motifs is 5. The lowest BCUT2D eigenvalue weighted by molar-refractivity contribution is -0.774. The Balaban J connectivity index is 1.25. The van der Waals surface area contributed by atoms with Crippen molar-refractivity contribution >= 4 is 17.1 Å². The SMILES string of the molecule is Cc1ccc(N2c3cccc4c3N3C2c2cc(C(C)(C)C)cc(C(C)(C)C)c2OC32c3c-4cc(-c4ccccc4)cc3-c3cc(-c4ccccc4)cc[n+]32)c(-c2ccccc2)c1. The van der Waals surface area contributed by atoms with E-state index in [1.165, 1.54) is 95.0 Å². The highest BCUT2D eigenvalue weighted by Gasteiger charge is 2.70. The fourth-order valence-electron chi connectivity index (χ4n) is 10.7. The lowest BCUT2D eigenvalue weighted by atomic mass is 9.77. The number of nitrogens with zero attached hydrogens (tertiary/aromatic N) is 3. The number of anilines is 3. The van der Waals surface area contributed by atoms with Crippen LogP contribution < -0.4 is 19.1 Å². The average Bonchev–Trinajstić information content (AvgIpc) is 3.77. The van der Waals surface area contributed by atoms with E-state index in [2.05, 4.69) is 233 Å². The highest BCUT2D eigenvalue weighted by atomic mass is 16.5. The Hall–Kier alpha value is -6.91. The molecule has 0 bridgehead atoms. The van der Waals surface area contributed by atoms with E-state index in [0.717, 1.165) is 11.4 Å². The first-order valence-corrected chi connectivity index (χ1v) is 22.0. The first-order chi connectivity index (χ1) is 29.9. The molecule has 0 fully saturated rings. The lowest BCUT2D eigenvalue weighted by Crippen LogP contribution is -2.71. The molecule has 0 saturated carbocycles. The van der Waals surface area contributed by atoms with E-state index in [9.17, 15) is 0 Å². The third kappa shape index (κ3) is 5.10. The summed E-state index contributed by atoms with van der Waals surface area (Å²) in [7, 11) is 0. The van der Waals surface area contributed by atoms with Crippen molar-refractivity contribution in [1.82, 2.24) is 0 Å². The number of para-hydroxylation sites is 1. The van der Waals surface area contributed by atoms with Crippen LogP contribution in [-0.4, -0.2) is 0 Å². The molecule has 5 heterocycles. The Morgan fingerprint density at radius 1 is 0.532 bits per heavy atom. The van der Waals surface area contributed by atoms with Gasteiger partial charge in [-0.2, -0.15) is 0 Å². The smallest absolute Gasteiger partial charge is 0.410 e. The van der Waals surface area contributed by atoms with Gasteiger partial charge in [0, 0.05) is 39.9 Å². The summed E-state index contributed by atoms with van der Waals surface area (Å²) in [5.74, 6) is -0.0706. The van der Waals surface area contributed by atoms with Crippen LogP contribution in [0.4, 0.5) is 17.1 Å². The van der Waals surface area contributed by atoms with Crippen molar-refractivity contribution < 1.29 is 9.30 Å². The van der Waals surface area contributed by atoms with Gasteiger partial charge in [0.1, 0.15) is 17.5 Å². The van der Waals surface area contributed by atoms with E-state index in [4.69, 9.17) is 4.74 Å². The molecule has 4 aliphatic rings. The summed E-state index contributed by atoms with van der Waals surface area (Å²) in [6, 6.07) is 60.9. The highest BCUT2D eigenvalue weighted by molar-refractivity contribution is 6.03. The Morgan fingerprint density at radius 2 is 1.19 bits per heavy atom. The van der Waals surface area contributed by atoms with Gasteiger partial charge in [0.2, 0.25) is 5.69 Å². The summed E-state index contributed by atoms with van der Waals surface area (Å²) in [6.45, 7) is 16.2. The van der Waals surface area contributed by atoms with Crippen LogP contribution in [0.5, 0.6) is 5.75 Å². The van der Waals surface area contributed by atoms with Crippen molar-refractivity contribution in [3.63, 3.8) is 0 Å². The van der Waals surface area contributed by atoms with Crippen LogP contribution in [0.25, 0.3) is 55.8 Å². The molecule has 0 radical (unpaired) electrons. The summed E-state index contributed by atoms with van der Waals surface area (Å²) in [5, 5.41) is 0. The zero-order chi connectivity index (χ0) is 42.3. The Labute approximate surface area is 365 Å². The van der Waals surface area contributed by atoms with E-state index in [-0.39, 0.29) is 17.0 Å². The number of ether oxygens (including phenoxy) is 1. The highest BCUT2D eigenvalue weighted by Crippen LogP contribution is 2.68. The van der Waals surface area contributed by atoms with Gasteiger partial charge in [-0.15, -0.1) is 4.57 Å². The maximum atomic E-state index is 8.14. The zero-order valence-electron chi connectivity index (χ0n) is 36.5. The second kappa shape index (κ2) is 12.8. The van der Waals surface area contributed by atoms with E-state index in [0.29, 0.717) is 0 Å². The molecule has 0 aliphatic carbocycles. The maximum absolute atomic E-state index is 8.14. The first-order valence-electron chi connectivity index (χ1n) is 22.0. The largest absolute Gasteiger partial charge is 0.432 e. The van der Waals surface area contributed by atoms with Crippen molar-refractivity contribution in [2.24, 2.45) is 0 Å². The molecule has 2 atom stereocenters. The van der Waals surface area contributed by atoms with Crippen molar-refractivity contribution in [3.05, 3.63) is 198 Å². The number of benzene rings is 7. The minimum Gasteiger partial charge on any atom is -0.410 e. The van der Waals surface area contributed by atoms with Gasteiger partial charge >= 0.3 is 5.85 Å². The molecule has 0 N–H and O–H groups in total. The summed E-state index contributed by atoms with van der Waals surface area (Å²) in [5.41, 5.74) is 21.3. The monoisotopic (exact) mass is 804 g/mol. The number of aromatic nitrogens is 1. The van der Waals surface area contributed by atoms with Crippen molar-refractivity contribution in [1.29, 1.82) is 0 Å². The number of hydrogen-bond donors (Lipinski definition) is 0. The van der Waals surface area contributed by atoms with E-state index in [1.54, 1.807) is 0 Å². The Morgan fingerprint density at radius 3 is 1.87 bits per heavy atom. The van der Waals surface area contributed by atoms with Gasteiger partial charge in [0.15, 0.2) is 6.20 Å². The Bertz CT molecular complexity index is 3140. The van der Waals surface area contributed by atoms with Gasteiger partial charge < -0.3 is 9.64 Å². The van der Waals surface area contributed by atoms with Gasteiger partial charge in [-0.3, -0.25) is 0 Å². The molecule has 1 spiro atoms. The van der Waals surface area contributed by atoms with Crippen molar-refractivity contribution in [2.45, 2.75) is 71.3 Å². The summed E-state index contributed by atoms with van der Waals surface area (Å²) in [6.07, 6.45) is 2.05. The van der Waals surface area contributed by atoms with Crippen LogP contribution in [0, 0.1) is 6.92 Å².